The number of nitrogens with one attached hydrogen (secondary N) is 2. The Labute approximate surface area is 157 Å². The first kappa shape index (κ1) is 19.9. The maximum atomic E-state index is 4.52. The molecule has 1 aromatic heterocycles. The zero-order chi connectivity index (χ0) is 18.8. The summed E-state index contributed by atoms with van der Waals surface area (Å²) in [6.45, 7) is 9.89. The van der Waals surface area contributed by atoms with E-state index in [1.807, 2.05) is 25.1 Å². The Morgan fingerprint density at radius 1 is 1.04 bits per heavy atom. The lowest BCUT2D eigenvalue weighted by molar-refractivity contribution is 0.219. The standard InChI is InChI=1S/C21H31N5/c1-5-26(6-2)20(18-12-8-7-9-13-18)16-24-21(22-4)23-15-19-14-10-11-17(3)25-19/h7-14,20H,5-6,15-16H2,1-4H3,(H2,22,23,24). The molecule has 2 rings (SSSR count). The molecule has 0 saturated carbocycles. The fourth-order valence-corrected chi connectivity index (χ4v) is 3.08. The van der Waals surface area contributed by atoms with Gasteiger partial charge in [0.25, 0.3) is 0 Å². The van der Waals surface area contributed by atoms with E-state index in [-0.39, 0.29) is 0 Å². The van der Waals surface area contributed by atoms with Crippen LogP contribution in [0.25, 0.3) is 0 Å². The lowest BCUT2D eigenvalue weighted by atomic mass is 10.1. The van der Waals surface area contributed by atoms with Crippen LogP contribution in [0.4, 0.5) is 0 Å². The van der Waals surface area contributed by atoms with Crippen molar-refractivity contribution in [3.63, 3.8) is 0 Å². The van der Waals surface area contributed by atoms with Gasteiger partial charge in [0.05, 0.1) is 18.3 Å². The molecule has 1 atom stereocenters. The number of rotatable bonds is 8. The van der Waals surface area contributed by atoms with Crippen molar-refractivity contribution in [3.05, 3.63) is 65.5 Å². The molecule has 1 heterocycles. The zero-order valence-electron chi connectivity index (χ0n) is 16.4. The van der Waals surface area contributed by atoms with Gasteiger partial charge in [0, 0.05) is 19.3 Å². The molecule has 0 aliphatic heterocycles. The second-order valence-corrected chi connectivity index (χ2v) is 6.22. The van der Waals surface area contributed by atoms with Crippen molar-refractivity contribution >= 4 is 5.96 Å². The highest BCUT2D eigenvalue weighted by molar-refractivity contribution is 5.79. The van der Waals surface area contributed by atoms with E-state index in [9.17, 15) is 0 Å². The number of nitrogens with zero attached hydrogens (tertiary/aromatic N) is 3. The summed E-state index contributed by atoms with van der Waals surface area (Å²) < 4.78 is 0. The minimum Gasteiger partial charge on any atom is -0.354 e. The molecule has 0 spiro atoms. The highest BCUT2D eigenvalue weighted by atomic mass is 15.2. The van der Waals surface area contributed by atoms with E-state index in [1.54, 1.807) is 7.05 Å². The Balaban J connectivity index is 1.99. The molecule has 0 fully saturated rings. The van der Waals surface area contributed by atoms with E-state index in [0.717, 1.165) is 37.0 Å². The van der Waals surface area contributed by atoms with Gasteiger partial charge in [0.2, 0.25) is 0 Å². The van der Waals surface area contributed by atoms with E-state index in [4.69, 9.17) is 0 Å². The van der Waals surface area contributed by atoms with E-state index < -0.39 is 0 Å². The predicted molar refractivity (Wildman–Crippen MR) is 109 cm³/mol. The van der Waals surface area contributed by atoms with Crippen molar-refractivity contribution in [1.29, 1.82) is 0 Å². The molecule has 0 aliphatic carbocycles. The highest BCUT2D eigenvalue weighted by Crippen LogP contribution is 2.19. The highest BCUT2D eigenvalue weighted by Gasteiger charge is 2.18. The molecule has 2 N–H and O–H groups in total. The molecular formula is C21H31N5. The molecule has 5 heteroatoms. The van der Waals surface area contributed by atoms with Crippen LogP contribution in [0.15, 0.2) is 53.5 Å². The molecule has 2 aromatic rings. The first-order chi connectivity index (χ1) is 12.7. The van der Waals surface area contributed by atoms with Crippen molar-refractivity contribution in [2.45, 2.75) is 33.4 Å². The van der Waals surface area contributed by atoms with Gasteiger partial charge in [0.1, 0.15) is 0 Å². The van der Waals surface area contributed by atoms with Gasteiger partial charge in [-0.05, 0) is 37.7 Å². The SMILES string of the molecule is CCN(CC)C(CNC(=NC)NCc1cccc(C)n1)c1ccccc1. The van der Waals surface area contributed by atoms with Gasteiger partial charge in [-0.2, -0.15) is 0 Å². The summed E-state index contributed by atoms with van der Waals surface area (Å²) in [5.74, 6) is 0.793. The molecule has 0 aliphatic rings. The molecule has 0 saturated heterocycles. The average Bonchev–Trinajstić information content (AvgIpc) is 2.68. The van der Waals surface area contributed by atoms with Crippen LogP contribution in [0, 0.1) is 6.92 Å². The summed E-state index contributed by atoms with van der Waals surface area (Å²) in [5.41, 5.74) is 3.36. The molecule has 140 valence electrons. The van der Waals surface area contributed by atoms with Crippen molar-refractivity contribution in [3.8, 4) is 0 Å². The van der Waals surface area contributed by atoms with Gasteiger partial charge < -0.3 is 10.6 Å². The maximum absolute atomic E-state index is 4.52. The number of aromatic nitrogens is 1. The molecule has 26 heavy (non-hydrogen) atoms. The van der Waals surface area contributed by atoms with Gasteiger partial charge >= 0.3 is 0 Å². The number of likely N-dealkylation sites (N-methyl/N-ethyl adjacent to an activating group) is 1. The van der Waals surface area contributed by atoms with Gasteiger partial charge in [-0.3, -0.25) is 14.9 Å². The Kier molecular flexibility index (Phi) is 8.09. The van der Waals surface area contributed by atoms with Crippen molar-refractivity contribution in [2.75, 3.05) is 26.7 Å². The number of pyridine rings is 1. The minimum atomic E-state index is 0.307. The van der Waals surface area contributed by atoms with Gasteiger partial charge in [0.15, 0.2) is 5.96 Å². The number of aliphatic imine (C=N–C) groups is 1. The predicted octanol–water partition coefficient (Wildman–Crippen LogP) is 3.14. The zero-order valence-corrected chi connectivity index (χ0v) is 16.4. The van der Waals surface area contributed by atoms with E-state index in [1.165, 1.54) is 5.56 Å². The van der Waals surface area contributed by atoms with Crippen LogP contribution >= 0.6 is 0 Å². The fourth-order valence-electron chi connectivity index (χ4n) is 3.08. The van der Waals surface area contributed by atoms with Crippen LogP contribution in [0.1, 0.15) is 36.8 Å². The van der Waals surface area contributed by atoms with Crippen LogP contribution in [0.2, 0.25) is 0 Å². The second-order valence-electron chi connectivity index (χ2n) is 6.22. The van der Waals surface area contributed by atoms with Crippen molar-refractivity contribution in [2.24, 2.45) is 4.99 Å². The largest absolute Gasteiger partial charge is 0.354 e. The minimum absolute atomic E-state index is 0.307. The van der Waals surface area contributed by atoms with E-state index in [0.29, 0.717) is 12.6 Å². The number of guanidine groups is 1. The van der Waals surface area contributed by atoms with Crippen molar-refractivity contribution < 1.29 is 0 Å². The van der Waals surface area contributed by atoms with Gasteiger partial charge in [-0.25, -0.2) is 0 Å². The van der Waals surface area contributed by atoms with E-state index >= 15 is 0 Å². The number of hydrogen-bond acceptors (Lipinski definition) is 3. The molecular weight excluding hydrogens is 322 g/mol. The number of hydrogen-bond donors (Lipinski definition) is 2. The van der Waals surface area contributed by atoms with Crippen LogP contribution in [0.3, 0.4) is 0 Å². The van der Waals surface area contributed by atoms with Crippen LogP contribution in [-0.2, 0) is 6.54 Å². The maximum Gasteiger partial charge on any atom is 0.191 e. The quantitative estimate of drug-likeness (QED) is 0.565. The summed E-state index contributed by atoms with van der Waals surface area (Å²) >= 11 is 0. The smallest absolute Gasteiger partial charge is 0.191 e. The van der Waals surface area contributed by atoms with Crippen LogP contribution in [-0.4, -0.2) is 42.5 Å². The molecule has 0 amide bonds. The number of benzene rings is 1. The Morgan fingerprint density at radius 3 is 2.38 bits per heavy atom. The third-order valence-corrected chi connectivity index (χ3v) is 4.51. The lowest BCUT2D eigenvalue weighted by Gasteiger charge is -2.30. The summed E-state index contributed by atoms with van der Waals surface area (Å²) in [7, 11) is 1.80. The van der Waals surface area contributed by atoms with Crippen LogP contribution < -0.4 is 10.6 Å². The Morgan fingerprint density at radius 2 is 1.77 bits per heavy atom. The summed E-state index contributed by atoms with van der Waals surface area (Å²) in [6, 6.07) is 17.0. The number of aryl methyl sites for hydroxylation is 1. The first-order valence-corrected chi connectivity index (χ1v) is 9.34. The second kappa shape index (κ2) is 10.6. The van der Waals surface area contributed by atoms with Gasteiger partial charge in [-0.1, -0.05) is 50.2 Å². The molecule has 0 radical (unpaired) electrons. The van der Waals surface area contributed by atoms with E-state index in [2.05, 4.69) is 69.7 Å². The summed E-state index contributed by atoms with van der Waals surface area (Å²) in [4.78, 5) is 11.3. The lowest BCUT2D eigenvalue weighted by Crippen LogP contribution is -2.43. The summed E-state index contributed by atoms with van der Waals surface area (Å²) in [6.07, 6.45) is 0. The monoisotopic (exact) mass is 353 g/mol. The average molecular weight is 354 g/mol. The van der Waals surface area contributed by atoms with Crippen molar-refractivity contribution in [1.82, 2.24) is 20.5 Å². The Bertz CT molecular complexity index is 680. The fraction of sp³-hybridized carbons (Fsp3) is 0.429. The molecule has 1 unspecified atom stereocenters. The third kappa shape index (κ3) is 5.85. The normalized spacial score (nSPS) is 12.9. The Hall–Kier alpha value is -2.40. The molecule has 0 bridgehead atoms. The summed E-state index contributed by atoms with van der Waals surface area (Å²) in [5, 5.41) is 6.82. The van der Waals surface area contributed by atoms with Crippen LogP contribution in [0.5, 0.6) is 0 Å². The molecule has 5 nitrogen and oxygen atoms in total. The van der Waals surface area contributed by atoms with Gasteiger partial charge in [-0.15, -0.1) is 0 Å². The molecule has 1 aromatic carbocycles. The topological polar surface area (TPSA) is 52.5 Å². The third-order valence-electron chi connectivity index (χ3n) is 4.51. The first-order valence-electron chi connectivity index (χ1n) is 9.34.